The van der Waals surface area contributed by atoms with Crippen LogP contribution >= 0.6 is 0 Å². The lowest BCUT2D eigenvalue weighted by Crippen LogP contribution is -2.41. The Hall–Kier alpha value is -3.54. The molecule has 0 bridgehead atoms. The first-order valence-corrected chi connectivity index (χ1v) is 12.3. The van der Waals surface area contributed by atoms with Crippen molar-refractivity contribution >= 4 is 16.9 Å². The normalized spacial score (nSPS) is 18.8. The molecule has 8 heteroatoms. The summed E-state index contributed by atoms with van der Waals surface area (Å²) in [6.45, 7) is 2.35. The number of aliphatic hydroxyl groups is 1. The molecule has 3 atom stereocenters. The molecule has 0 radical (unpaired) electrons. The fraction of sp³-hybridized carbons (Fsp3) is 0.429. The molecule has 0 spiro atoms. The lowest BCUT2D eigenvalue weighted by Gasteiger charge is -2.38. The average molecular weight is 489 g/mol. The topological polar surface area (TPSA) is 109 Å². The number of aromatic nitrogens is 3. The summed E-state index contributed by atoms with van der Waals surface area (Å²) >= 11 is 0. The Morgan fingerprint density at radius 3 is 2.86 bits per heavy atom. The van der Waals surface area contributed by atoms with E-state index in [2.05, 4.69) is 31.9 Å². The summed E-state index contributed by atoms with van der Waals surface area (Å²) in [4.78, 5) is 18.0. The van der Waals surface area contributed by atoms with Crippen LogP contribution in [0.1, 0.15) is 49.3 Å². The van der Waals surface area contributed by atoms with Crippen LogP contribution in [0.3, 0.4) is 0 Å². The van der Waals surface area contributed by atoms with Gasteiger partial charge in [-0.1, -0.05) is 11.8 Å². The maximum Gasteiger partial charge on any atom is 0.303 e. The summed E-state index contributed by atoms with van der Waals surface area (Å²) in [7, 11) is 1.62. The number of fused-ring (bicyclic) bond motifs is 1. The van der Waals surface area contributed by atoms with Gasteiger partial charge in [-0.15, -0.1) is 0 Å². The third kappa shape index (κ3) is 6.78. The van der Waals surface area contributed by atoms with E-state index in [1.54, 1.807) is 25.7 Å². The van der Waals surface area contributed by atoms with E-state index in [0.717, 1.165) is 53.7 Å². The number of hydrogen-bond donors (Lipinski definition) is 2. The number of pyridine rings is 1. The second kappa shape index (κ2) is 12.4. The highest BCUT2D eigenvalue weighted by atomic mass is 16.5. The monoisotopic (exact) mass is 488 g/mol. The summed E-state index contributed by atoms with van der Waals surface area (Å²) in [6.07, 6.45) is 7.55. The summed E-state index contributed by atoms with van der Waals surface area (Å²) in [5.74, 6) is 6.89. The molecule has 188 valence electrons. The molecule has 1 aromatic carbocycles. The van der Waals surface area contributed by atoms with Crippen molar-refractivity contribution in [2.24, 2.45) is 11.8 Å². The van der Waals surface area contributed by atoms with Gasteiger partial charge in [0.05, 0.1) is 37.7 Å². The summed E-state index contributed by atoms with van der Waals surface area (Å²) in [5, 5.41) is 28.9. The van der Waals surface area contributed by atoms with Crippen molar-refractivity contribution in [1.29, 1.82) is 0 Å². The number of carbonyl (C=O) groups is 1. The highest BCUT2D eigenvalue weighted by Crippen LogP contribution is 2.35. The van der Waals surface area contributed by atoms with Gasteiger partial charge in [-0.2, -0.15) is 10.2 Å². The Bertz CT molecular complexity index is 1220. The van der Waals surface area contributed by atoms with Crippen LogP contribution in [0.5, 0.6) is 5.75 Å². The number of methoxy groups -OCH3 is 1. The predicted octanol–water partition coefficient (Wildman–Crippen LogP) is 3.70. The molecule has 2 unspecified atom stereocenters. The van der Waals surface area contributed by atoms with Gasteiger partial charge in [0, 0.05) is 30.1 Å². The van der Waals surface area contributed by atoms with E-state index in [-0.39, 0.29) is 12.3 Å². The van der Waals surface area contributed by atoms with Crippen molar-refractivity contribution in [3.05, 3.63) is 60.0 Å². The summed E-state index contributed by atoms with van der Waals surface area (Å²) < 4.78 is 5.36. The molecule has 4 rings (SSSR count). The zero-order valence-corrected chi connectivity index (χ0v) is 20.5. The number of ether oxygens (including phenoxy) is 1. The number of likely N-dealkylation sites (tertiary alicyclic amines) is 1. The summed E-state index contributed by atoms with van der Waals surface area (Å²) in [5.41, 5.74) is 2.50. The SMILES string of the molecule is COc1ccc2nccc([C@@H](O)CCC3CCN(CC#Cc4ccnnc4)CC3CCC(=O)O)c2c1. The minimum absolute atomic E-state index is 0.153. The van der Waals surface area contributed by atoms with E-state index < -0.39 is 12.1 Å². The number of rotatable bonds is 9. The molecular formula is C28H32N4O4. The first-order valence-electron chi connectivity index (χ1n) is 12.3. The van der Waals surface area contributed by atoms with Gasteiger partial charge in [0.25, 0.3) is 0 Å². The van der Waals surface area contributed by atoms with Crippen LogP contribution in [0, 0.1) is 23.7 Å². The van der Waals surface area contributed by atoms with Crippen LogP contribution in [0.25, 0.3) is 10.9 Å². The standard InChI is InChI=1S/C28H32N4O4/c1-36-23-6-7-26-25(17-23)24(11-13-29-26)27(33)8-4-21-12-16-32(19-22(21)5-9-28(34)35)15-2-3-20-10-14-30-31-18-20/h6-7,10-11,13-14,17-18,21-22,27,33H,4-5,8-9,12,15-16,19H2,1H3,(H,34,35)/t21?,22?,27-/m0/s1. The molecule has 1 aliphatic rings. The molecule has 1 fully saturated rings. The number of carboxylic acids is 1. The van der Waals surface area contributed by atoms with Crippen LogP contribution in [-0.2, 0) is 4.79 Å². The zero-order chi connectivity index (χ0) is 25.3. The van der Waals surface area contributed by atoms with Gasteiger partial charge >= 0.3 is 5.97 Å². The van der Waals surface area contributed by atoms with Crippen LogP contribution in [0.2, 0.25) is 0 Å². The zero-order valence-electron chi connectivity index (χ0n) is 20.5. The molecule has 2 N–H and O–H groups in total. The minimum Gasteiger partial charge on any atom is -0.497 e. The number of aliphatic hydroxyl groups excluding tert-OH is 1. The van der Waals surface area contributed by atoms with E-state index in [4.69, 9.17) is 4.74 Å². The Kier molecular flexibility index (Phi) is 8.82. The second-order valence-corrected chi connectivity index (χ2v) is 9.29. The van der Waals surface area contributed by atoms with E-state index >= 15 is 0 Å². The van der Waals surface area contributed by atoms with Crippen molar-refractivity contribution < 1.29 is 19.7 Å². The lowest BCUT2D eigenvalue weighted by molar-refractivity contribution is -0.137. The minimum atomic E-state index is -0.770. The van der Waals surface area contributed by atoms with Crippen LogP contribution in [0.4, 0.5) is 0 Å². The predicted molar refractivity (Wildman–Crippen MR) is 136 cm³/mol. The van der Waals surface area contributed by atoms with Gasteiger partial charge in [-0.25, -0.2) is 0 Å². The molecule has 0 amide bonds. The molecule has 1 saturated heterocycles. The van der Waals surface area contributed by atoms with Crippen molar-refractivity contribution in [2.45, 2.75) is 38.2 Å². The average Bonchev–Trinajstić information content (AvgIpc) is 2.91. The Labute approximate surface area is 211 Å². The highest BCUT2D eigenvalue weighted by molar-refractivity contribution is 5.83. The number of aliphatic carboxylic acids is 1. The van der Waals surface area contributed by atoms with Crippen LogP contribution in [0.15, 0.2) is 48.9 Å². The Morgan fingerprint density at radius 2 is 2.08 bits per heavy atom. The quantitative estimate of drug-likeness (QED) is 0.439. The van der Waals surface area contributed by atoms with E-state index in [0.29, 0.717) is 25.3 Å². The summed E-state index contributed by atoms with van der Waals surface area (Å²) in [6, 6.07) is 9.38. The van der Waals surface area contributed by atoms with Crippen molar-refractivity contribution in [2.75, 3.05) is 26.7 Å². The Balaban J connectivity index is 1.39. The number of hydrogen-bond acceptors (Lipinski definition) is 7. The van der Waals surface area contributed by atoms with Gasteiger partial charge in [-0.3, -0.25) is 14.7 Å². The molecule has 0 saturated carbocycles. The maximum atomic E-state index is 11.3. The second-order valence-electron chi connectivity index (χ2n) is 9.29. The van der Waals surface area contributed by atoms with Gasteiger partial charge in [0.2, 0.25) is 0 Å². The van der Waals surface area contributed by atoms with E-state index in [9.17, 15) is 15.0 Å². The lowest BCUT2D eigenvalue weighted by atomic mass is 9.79. The van der Waals surface area contributed by atoms with Gasteiger partial charge < -0.3 is 14.9 Å². The number of carboxylic acid groups (broad SMARTS) is 1. The molecule has 3 heterocycles. The van der Waals surface area contributed by atoms with Gasteiger partial charge in [-0.05, 0) is 80.0 Å². The number of nitrogens with zero attached hydrogens (tertiary/aromatic N) is 4. The van der Waals surface area contributed by atoms with Gasteiger partial charge in [0.15, 0.2) is 0 Å². The van der Waals surface area contributed by atoms with Gasteiger partial charge in [0.1, 0.15) is 5.75 Å². The molecule has 8 nitrogen and oxygen atoms in total. The smallest absolute Gasteiger partial charge is 0.303 e. The third-order valence-electron chi connectivity index (χ3n) is 6.98. The van der Waals surface area contributed by atoms with Crippen LogP contribution < -0.4 is 4.74 Å². The highest BCUT2D eigenvalue weighted by Gasteiger charge is 2.29. The maximum absolute atomic E-state index is 11.3. The van der Waals surface area contributed by atoms with E-state index in [1.165, 1.54) is 0 Å². The first kappa shape index (κ1) is 25.5. The molecule has 3 aromatic rings. The van der Waals surface area contributed by atoms with Crippen LogP contribution in [-0.4, -0.2) is 63.0 Å². The first-order chi connectivity index (χ1) is 17.5. The molecule has 1 aliphatic heterocycles. The molecule has 36 heavy (non-hydrogen) atoms. The fourth-order valence-corrected chi connectivity index (χ4v) is 5.03. The largest absolute Gasteiger partial charge is 0.497 e. The van der Waals surface area contributed by atoms with Crippen molar-refractivity contribution in [3.63, 3.8) is 0 Å². The fourth-order valence-electron chi connectivity index (χ4n) is 5.03. The number of benzene rings is 1. The molecular weight excluding hydrogens is 456 g/mol. The third-order valence-corrected chi connectivity index (χ3v) is 6.98. The Morgan fingerprint density at radius 1 is 1.19 bits per heavy atom. The van der Waals surface area contributed by atoms with Crippen molar-refractivity contribution in [1.82, 2.24) is 20.1 Å². The molecule has 0 aliphatic carbocycles. The molecule has 2 aromatic heterocycles. The van der Waals surface area contributed by atoms with Crippen molar-refractivity contribution in [3.8, 4) is 17.6 Å². The van der Waals surface area contributed by atoms with E-state index in [1.807, 2.05) is 30.3 Å². The number of piperidine rings is 1.